The maximum absolute atomic E-state index is 11.7. The molecule has 1 amide bonds. The fourth-order valence-electron chi connectivity index (χ4n) is 2.20. The first-order chi connectivity index (χ1) is 9.51. The summed E-state index contributed by atoms with van der Waals surface area (Å²) < 4.78 is 0. The molecule has 0 saturated heterocycles. The van der Waals surface area contributed by atoms with Crippen molar-refractivity contribution in [3.05, 3.63) is 34.9 Å². The Morgan fingerprint density at radius 2 is 1.95 bits per heavy atom. The zero-order valence-corrected chi connectivity index (χ0v) is 13.2. The van der Waals surface area contributed by atoms with Crippen molar-refractivity contribution in [2.75, 3.05) is 19.6 Å². The van der Waals surface area contributed by atoms with E-state index in [1.807, 2.05) is 24.3 Å². The van der Waals surface area contributed by atoms with Crippen molar-refractivity contribution >= 4 is 17.5 Å². The summed E-state index contributed by atoms with van der Waals surface area (Å²) in [6.07, 6.45) is 0. The number of nitrogens with two attached hydrogens (primary N) is 1. The van der Waals surface area contributed by atoms with Crippen molar-refractivity contribution in [1.29, 1.82) is 0 Å². The Kier molecular flexibility index (Phi) is 6.99. The Labute approximate surface area is 126 Å². The Balaban J connectivity index is 2.92. The Bertz CT molecular complexity index is 433. The number of nitrogens with one attached hydrogen (secondary N) is 1. The topological polar surface area (TPSA) is 58.4 Å². The Morgan fingerprint density at radius 3 is 2.45 bits per heavy atom. The summed E-state index contributed by atoms with van der Waals surface area (Å²) in [5.74, 6) is -0.144. The summed E-state index contributed by atoms with van der Waals surface area (Å²) in [5, 5.41) is 3.61. The number of amides is 1. The van der Waals surface area contributed by atoms with Crippen LogP contribution in [-0.4, -0.2) is 36.5 Å². The predicted molar refractivity (Wildman–Crippen MR) is 83.8 cm³/mol. The van der Waals surface area contributed by atoms with E-state index in [9.17, 15) is 4.79 Å². The average Bonchev–Trinajstić information content (AvgIpc) is 2.44. The minimum Gasteiger partial charge on any atom is -0.353 e. The second-order valence-corrected chi connectivity index (χ2v) is 5.20. The highest BCUT2D eigenvalue weighted by Gasteiger charge is 2.21. The highest BCUT2D eigenvalue weighted by molar-refractivity contribution is 6.31. The van der Waals surface area contributed by atoms with Gasteiger partial charge in [-0.15, -0.1) is 0 Å². The third-order valence-electron chi connectivity index (χ3n) is 3.40. The summed E-state index contributed by atoms with van der Waals surface area (Å²) in [7, 11) is 0. The lowest BCUT2D eigenvalue weighted by atomic mass is 10.0. The van der Waals surface area contributed by atoms with Crippen LogP contribution in [0.15, 0.2) is 24.3 Å². The molecule has 0 aliphatic rings. The lowest BCUT2D eigenvalue weighted by Gasteiger charge is -2.31. The molecule has 4 nitrogen and oxygen atoms in total. The first-order valence-electron chi connectivity index (χ1n) is 7.03. The van der Waals surface area contributed by atoms with Gasteiger partial charge in [0.25, 0.3) is 0 Å². The molecule has 0 bridgehead atoms. The lowest BCUT2D eigenvalue weighted by molar-refractivity contribution is -0.122. The summed E-state index contributed by atoms with van der Waals surface area (Å²) in [4.78, 5) is 13.9. The molecule has 0 radical (unpaired) electrons. The fourth-order valence-corrected chi connectivity index (χ4v) is 2.47. The standard InChI is InChI=1S/C15H24ClN3O/c1-4-19(5-2)14(10-18-15(20)11(3)17)12-8-6-7-9-13(12)16/h6-9,11,14H,4-5,10,17H2,1-3H3,(H,18,20). The van der Waals surface area contributed by atoms with Crippen molar-refractivity contribution in [2.24, 2.45) is 5.73 Å². The van der Waals surface area contributed by atoms with Crippen LogP contribution in [0.2, 0.25) is 5.02 Å². The monoisotopic (exact) mass is 297 g/mol. The molecule has 20 heavy (non-hydrogen) atoms. The van der Waals surface area contributed by atoms with Crippen LogP contribution in [0.25, 0.3) is 0 Å². The van der Waals surface area contributed by atoms with Gasteiger partial charge in [0.05, 0.1) is 12.1 Å². The summed E-state index contributed by atoms with van der Waals surface area (Å²) in [6.45, 7) is 8.16. The first kappa shape index (κ1) is 17.0. The molecular weight excluding hydrogens is 274 g/mol. The number of benzene rings is 1. The van der Waals surface area contributed by atoms with E-state index in [1.54, 1.807) is 6.92 Å². The molecule has 0 spiro atoms. The van der Waals surface area contributed by atoms with Gasteiger partial charge < -0.3 is 11.1 Å². The molecule has 1 aromatic carbocycles. The number of likely N-dealkylation sites (N-methyl/N-ethyl adjacent to an activating group) is 1. The second-order valence-electron chi connectivity index (χ2n) is 4.79. The smallest absolute Gasteiger partial charge is 0.236 e. The van der Waals surface area contributed by atoms with E-state index in [4.69, 9.17) is 17.3 Å². The molecule has 112 valence electrons. The molecule has 0 aromatic heterocycles. The third-order valence-corrected chi connectivity index (χ3v) is 3.74. The minimum atomic E-state index is -0.501. The van der Waals surface area contributed by atoms with Crippen LogP contribution in [0.4, 0.5) is 0 Å². The Morgan fingerprint density at radius 1 is 1.35 bits per heavy atom. The zero-order chi connectivity index (χ0) is 15.1. The SMILES string of the molecule is CCN(CC)C(CNC(=O)C(C)N)c1ccccc1Cl. The molecule has 0 heterocycles. The number of nitrogens with zero attached hydrogens (tertiary/aromatic N) is 1. The number of halogens is 1. The molecular formula is C15H24ClN3O. The average molecular weight is 298 g/mol. The van der Waals surface area contributed by atoms with E-state index >= 15 is 0 Å². The normalized spacial score (nSPS) is 14.1. The molecule has 1 aromatic rings. The van der Waals surface area contributed by atoms with E-state index < -0.39 is 6.04 Å². The molecule has 1 rings (SSSR count). The number of rotatable bonds is 7. The van der Waals surface area contributed by atoms with Crippen LogP contribution in [-0.2, 0) is 4.79 Å². The molecule has 0 aliphatic heterocycles. The fraction of sp³-hybridized carbons (Fsp3) is 0.533. The van der Waals surface area contributed by atoms with E-state index in [1.165, 1.54) is 0 Å². The maximum Gasteiger partial charge on any atom is 0.236 e. The van der Waals surface area contributed by atoms with Gasteiger partial charge in [-0.2, -0.15) is 0 Å². The molecule has 2 unspecified atom stereocenters. The highest BCUT2D eigenvalue weighted by Crippen LogP contribution is 2.26. The Hall–Kier alpha value is -1.10. The maximum atomic E-state index is 11.7. The van der Waals surface area contributed by atoms with Gasteiger partial charge in [-0.25, -0.2) is 0 Å². The van der Waals surface area contributed by atoms with Gasteiger partial charge in [-0.1, -0.05) is 43.6 Å². The lowest BCUT2D eigenvalue weighted by Crippen LogP contribution is -2.43. The molecule has 0 fully saturated rings. The third kappa shape index (κ3) is 4.47. The first-order valence-corrected chi connectivity index (χ1v) is 7.40. The van der Waals surface area contributed by atoms with E-state index in [-0.39, 0.29) is 11.9 Å². The molecule has 2 atom stereocenters. The van der Waals surface area contributed by atoms with Gasteiger partial charge in [-0.05, 0) is 31.6 Å². The molecule has 3 N–H and O–H groups in total. The largest absolute Gasteiger partial charge is 0.353 e. The van der Waals surface area contributed by atoms with Crippen LogP contribution in [0, 0.1) is 0 Å². The van der Waals surface area contributed by atoms with Gasteiger partial charge in [-0.3, -0.25) is 9.69 Å². The van der Waals surface area contributed by atoms with E-state index in [0.29, 0.717) is 6.54 Å². The molecule has 0 aliphatic carbocycles. The van der Waals surface area contributed by atoms with Crippen LogP contribution < -0.4 is 11.1 Å². The van der Waals surface area contributed by atoms with Crippen LogP contribution in [0.1, 0.15) is 32.4 Å². The second kappa shape index (κ2) is 8.25. The predicted octanol–water partition coefficient (Wildman–Crippen LogP) is 2.19. The van der Waals surface area contributed by atoms with Gasteiger partial charge in [0.2, 0.25) is 5.91 Å². The van der Waals surface area contributed by atoms with Crippen molar-refractivity contribution in [3.63, 3.8) is 0 Å². The summed E-state index contributed by atoms with van der Waals surface area (Å²) >= 11 is 6.29. The van der Waals surface area contributed by atoms with Gasteiger partial charge in [0.1, 0.15) is 0 Å². The van der Waals surface area contributed by atoms with Gasteiger partial charge >= 0.3 is 0 Å². The van der Waals surface area contributed by atoms with Gasteiger partial charge in [0.15, 0.2) is 0 Å². The van der Waals surface area contributed by atoms with Crippen LogP contribution in [0.5, 0.6) is 0 Å². The summed E-state index contributed by atoms with van der Waals surface area (Å²) in [5.41, 5.74) is 6.61. The number of carbonyl (C=O) groups is 1. The minimum absolute atomic E-state index is 0.0569. The van der Waals surface area contributed by atoms with E-state index in [2.05, 4.69) is 24.1 Å². The van der Waals surface area contributed by atoms with Gasteiger partial charge in [0, 0.05) is 11.6 Å². The number of hydrogen-bond donors (Lipinski definition) is 2. The van der Waals surface area contributed by atoms with Crippen LogP contribution >= 0.6 is 11.6 Å². The quantitative estimate of drug-likeness (QED) is 0.811. The number of hydrogen-bond acceptors (Lipinski definition) is 3. The zero-order valence-electron chi connectivity index (χ0n) is 12.4. The number of carbonyl (C=O) groups excluding carboxylic acids is 1. The molecule has 0 saturated carbocycles. The summed E-state index contributed by atoms with van der Waals surface area (Å²) in [6, 6.07) is 7.31. The van der Waals surface area contributed by atoms with Crippen molar-refractivity contribution in [3.8, 4) is 0 Å². The van der Waals surface area contributed by atoms with Crippen molar-refractivity contribution < 1.29 is 4.79 Å². The highest BCUT2D eigenvalue weighted by atomic mass is 35.5. The van der Waals surface area contributed by atoms with Crippen molar-refractivity contribution in [1.82, 2.24) is 10.2 Å². The molecule has 5 heteroatoms. The van der Waals surface area contributed by atoms with E-state index in [0.717, 1.165) is 23.7 Å². The van der Waals surface area contributed by atoms with Crippen LogP contribution in [0.3, 0.4) is 0 Å². The van der Waals surface area contributed by atoms with Crippen molar-refractivity contribution in [2.45, 2.75) is 32.9 Å².